The molecule has 1 aliphatic heterocycles. The van der Waals surface area contributed by atoms with Crippen LogP contribution in [0.1, 0.15) is 19.8 Å². The maximum atomic E-state index is 11.6. The fourth-order valence-electron chi connectivity index (χ4n) is 1.98. The molecule has 1 fully saturated rings. The molecular weight excluding hydrogens is 272 g/mol. The summed E-state index contributed by atoms with van der Waals surface area (Å²) in [6, 6.07) is -0.166. The van der Waals surface area contributed by atoms with Crippen LogP contribution in [0.2, 0.25) is 0 Å². The summed E-state index contributed by atoms with van der Waals surface area (Å²) in [7, 11) is -3.85. The first-order valence-electron chi connectivity index (χ1n) is 6.36. The first-order chi connectivity index (χ1) is 8.96. The lowest BCUT2D eigenvalue weighted by Crippen LogP contribution is -2.50. The van der Waals surface area contributed by atoms with Crippen LogP contribution in [0.25, 0.3) is 0 Å². The van der Waals surface area contributed by atoms with Gasteiger partial charge in [-0.1, -0.05) is 0 Å². The van der Waals surface area contributed by atoms with Crippen molar-refractivity contribution in [1.82, 2.24) is 14.3 Å². The van der Waals surface area contributed by atoms with Crippen LogP contribution >= 0.6 is 0 Å². The number of nitrogens with two attached hydrogens (primary N) is 1. The molecule has 19 heavy (non-hydrogen) atoms. The Labute approximate surface area is 113 Å². The van der Waals surface area contributed by atoms with Gasteiger partial charge in [0.15, 0.2) is 0 Å². The smallest absolute Gasteiger partial charge is 0.421 e. The molecule has 0 atom stereocenters. The van der Waals surface area contributed by atoms with E-state index < -0.39 is 16.3 Å². The van der Waals surface area contributed by atoms with Gasteiger partial charge in [-0.15, -0.1) is 0 Å². The summed E-state index contributed by atoms with van der Waals surface area (Å²) in [5.41, 5.74) is 5.46. The molecule has 0 saturated carbocycles. The van der Waals surface area contributed by atoms with Gasteiger partial charge in [0, 0.05) is 19.1 Å². The van der Waals surface area contributed by atoms with E-state index in [9.17, 15) is 13.2 Å². The lowest BCUT2D eigenvalue weighted by Gasteiger charge is -2.31. The number of ether oxygens (including phenoxy) is 1. The molecule has 0 unspecified atom stereocenters. The molecule has 1 rings (SSSR count). The number of nitrogens with one attached hydrogen (secondary N) is 2. The molecule has 1 amide bonds. The standard InChI is InChI=1S/C10H22N4O4S/c1-2-18-10(15)13-19(16,17)12-9-3-6-14(7-4-9)8-5-11/h9,12H,2-8,11H2,1H3,(H,13,15). The number of piperidine rings is 1. The number of amides is 1. The number of rotatable bonds is 6. The number of hydrogen-bond donors (Lipinski definition) is 3. The number of likely N-dealkylation sites (tertiary alicyclic amines) is 1. The lowest BCUT2D eigenvalue weighted by atomic mass is 10.1. The second kappa shape index (κ2) is 7.63. The van der Waals surface area contributed by atoms with Crippen LogP contribution in [0.4, 0.5) is 4.79 Å². The van der Waals surface area contributed by atoms with Gasteiger partial charge in [-0.3, -0.25) is 0 Å². The van der Waals surface area contributed by atoms with Gasteiger partial charge in [-0.2, -0.15) is 13.1 Å². The van der Waals surface area contributed by atoms with E-state index in [1.54, 1.807) is 6.92 Å². The summed E-state index contributed by atoms with van der Waals surface area (Å²) in [6.07, 6.45) is 0.434. The second-order valence-electron chi connectivity index (χ2n) is 4.35. The summed E-state index contributed by atoms with van der Waals surface area (Å²) in [5.74, 6) is 0. The zero-order chi connectivity index (χ0) is 14.3. The Kier molecular flexibility index (Phi) is 6.49. The van der Waals surface area contributed by atoms with Crippen molar-refractivity contribution in [3.63, 3.8) is 0 Å². The van der Waals surface area contributed by atoms with Gasteiger partial charge >= 0.3 is 16.3 Å². The van der Waals surface area contributed by atoms with Gasteiger partial charge in [0.1, 0.15) is 0 Å². The molecule has 9 heteroatoms. The summed E-state index contributed by atoms with van der Waals surface area (Å²) in [6.45, 7) is 4.74. The fourth-order valence-corrected chi connectivity index (χ4v) is 2.99. The third kappa shape index (κ3) is 6.19. The van der Waals surface area contributed by atoms with Crippen LogP contribution in [0.3, 0.4) is 0 Å². The molecule has 1 aliphatic rings. The maximum Gasteiger partial charge on any atom is 0.421 e. The van der Waals surface area contributed by atoms with Crippen molar-refractivity contribution in [1.29, 1.82) is 0 Å². The minimum absolute atomic E-state index is 0.124. The van der Waals surface area contributed by atoms with Crippen LogP contribution in [0, 0.1) is 0 Å². The second-order valence-corrected chi connectivity index (χ2v) is 5.80. The van der Waals surface area contributed by atoms with E-state index in [-0.39, 0.29) is 12.6 Å². The van der Waals surface area contributed by atoms with E-state index in [1.807, 2.05) is 4.72 Å². The zero-order valence-electron chi connectivity index (χ0n) is 11.1. The molecule has 0 aliphatic carbocycles. The van der Waals surface area contributed by atoms with Gasteiger partial charge in [0.05, 0.1) is 6.61 Å². The monoisotopic (exact) mass is 294 g/mol. The van der Waals surface area contributed by atoms with E-state index in [0.29, 0.717) is 19.4 Å². The highest BCUT2D eigenvalue weighted by Gasteiger charge is 2.24. The summed E-state index contributed by atoms with van der Waals surface area (Å²) < 4.78 is 32.1. The third-order valence-electron chi connectivity index (χ3n) is 2.85. The molecular formula is C10H22N4O4S. The van der Waals surface area contributed by atoms with E-state index in [0.717, 1.165) is 19.6 Å². The van der Waals surface area contributed by atoms with Crippen LogP contribution in [0.5, 0.6) is 0 Å². The SMILES string of the molecule is CCOC(=O)NS(=O)(=O)NC1CCN(CCN)CC1. The molecule has 0 radical (unpaired) electrons. The fraction of sp³-hybridized carbons (Fsp3) is 0.900. The number of nitrogens with zero attached hydrogens (tertiary/aromatic N) is 1. The van der Waals surface area contributed by atoms with Gasteiger partial charge in [-0.25, -0.2) is 9.52 Å². The predicted octanol–water partition coefficient (Wildman–Crippen LogP) is -1.01. The first kappa shape index (κ1) is 16.2. The van der Waals surface area contributed by atoms with Crippen molar-refractivity contribution in [2.24, 2.45) is 5.73 Å². The van der Waals surface area contributed by atoms with Crippen molar-refractivity contribution < 1.29 is 17.9 Å². The van der Waals surface area contributed by atoms with E-state index >= 15 is 0 Å². The van der Waals surface area contributed by atoms with Crippen molar-refractivity contribution in [3.05, 3.63) is 0 Å². The molecule has 1 heterocycles. The molecule has 0 aromatic rings. The van der Waals surface area contributed by atoms with Crippen molar-refractivity contribution in [2.75, 3.05) is 32.8 Å². The highest BCUT2D eigenvalue weighted by molar-refractivity contribution is 7.88. The quantitative estimate of drug-likeness (QED) is 0.578. The van der Waals surface area contributed by atoms with E-state index in [4.69, 9.17) is 5.73 Å². The Morgan fingerprint density at radius 3 is 2.58 bits per heavy atom. The Balaban J connectivity index is 2.37. The summed E-state index contributed by atoms with van der Waals surface area (Å²) in [5, 5.41) is 0. The molecule has 4 N–H and O–H groups in total. The van der Waals surface area contributed by atoms with Crippen LogP contribution in [-0.4, -0.2) is 58.2 Å². The van der Waals surface area contributed by atoms with Gasteiger partial charge in [0.2, 0.25) is 0 Å². The Hall–Kier alpha value is -0.900. The highest BCUT2D eigenvalue weighted by Crippen LogP contribution is 2.10. The number of hydrogen-bond acceptors (Lipinski definition) is 6. The normalized spacial score (nSPS) is 18.2. The number of carbonyl (C=O) groups is 1. The summed E-state index contributed by atoms with van der Waals surface area (Å²) in [4.78, 5) is 13.2. The van der Waals surface area contributed by atoms with Gasteiger partial charge in [-0.05, 0) is 32.9 Å². The average Bonchev–Trinajstić information content (AvgIpc) is 2.31. The molecule has 8 nitrogen and oxygen atoms in total. The topological polar surface area (TPSA) is 114 Å². The Morgan fingerprint density at radius 2 is 2.05 bits per heavy atom. The Bertz CT molecular complexity index is 379. The first-order valence-corrected chi connectivity index (χ1v) is 7.84. The maximum absolute atomic E-state index is 11.6. The van der Waals surface area contributed by atoms with Crippen LogP contribution in [-0.2, 0) is 14.9 Å². The van der Waals surface area contributed by atoms with Crippen molar-refractivity contribution >= 4 is 16.3 Å². The van der Waals surface area contributed by atoms with Crippen LogP contribution in [0.15, 0.2) is 0 Å². The zero-order valence-corrected chi connectivity index (χ0v) is 11.9. The van der Waals surface area contributed by atoms with Crippen molar-refractivity contribution in [2.45, 2.75) is 25.8 Å². The van der Waals surface area contributed by atoms with Crippen molar-refractivity contribution in [3.8, 4) is 0 Å². The molecule has 112 valence electrons. The predicted molar refractivity (Wildman–Crippen MR) is 70.7 cm³/mol. The van der Waals surface area contributed by atoms with Crippen LogP contribution < -0.4 is 15.2 Å². The molecule has 0 bridgehead atoms. The molecule has 0 aromatic heterocycles. The molecule has 0 spiro atoms. The minimum Gasteiger partial charge on any atom is -0.449 e. The molecule has 1 saturated heterocycles. The molecule has 0 aromatic carbocycles. The lowest BCUT2D eigenvalue weighted by molar-refractivity contribution is 0.158. The minimum atomic E-state index is -3.85. The highest BCUT2D eigenvalue weighted by atomic mass is 32.2. The van der Waals surface area contributed by atoms with E-state index in [1.165, 1.54) is 0 Å². The Morgan fingerprint density at radius 1 is 1.42 bits per heavy atom. The largest absolute Gasteiger partial charge is 0.449 e. The third-order valence-corrected chi connectivity index (χ3v) is 3.93. The number of carbonyl (C=O) groups excluding carboxylic acids is 1. The average molecular weight is 294 g/mol. The van der Waals surface area contributed by atoms with E-state index in [2.05, 4.69) is 14.4 Å². The van der Waals surface area contributed by atoms with Gasteiger partial charge in [0.25, 0.3) is 0 Å². The summed E-state index contributed by atoms with van der Waals surface area (Å²) >= 11 is 0. The van der Waals surface area contributed by atoms with Gasteiger partial charge < -0.3 is 15.4 Å².